The maximum atomic E-state index is 12.4. The summed E-state index contributed by atoms with van der Waals surface area (Å²) in [6, 6.07) is 0. The first-order valence-electron chi connectivity index (χ1n) is 3.87. The first-order valence-corrected chi connectivity index (χ1v) is 4.25. The van der Waals surface area contributed by atoms with Crippen LogP contribution in [0.5, 0.6) is 0 Å². The van der Waals surface area contributed by atoms with Gasteiger partial charge in [-0.05, 0) is 0 Å². The second-order valence-corrected chi connectivity index (χ2v) is 3.04. The predicted octanol–water partition coefficient (Wildman–Crippen LogP) is 1.83. The van der Waals surface area contributed by atoms with Crippen LogP contribution in [0.2, 0.25) is 5.02 Å². The smallest absolute Gasteiger partial charge is 0.339 e. The van der Waals surface area contributed by atoms with Crippen LogP contribution in [0.25, 0.3) is 0 Å². The molecule has 4 nitrogen and oxygen atoms in total. The van der Waals surface area contributed by atoms with Crippen LogP contribution in [-0.4, -0.2) is 16.1 Å². The summed E-state index contributed by atoms with van der Waals surface area (Å²) >= 11 is 5.53. The summed E-state index contributed by atoms with van der Waals surface area (Å²) in [5, 5.41) is 8.25. The molecule has 0 aliphatic heterocycles. The Morgan fingerprint density at radius 2 is 2.27 bits per heavy atom. The SMILES string of the molecule is NCc1ncc(C(F)F)c(Cl)c1C(=O)O. The summed E-state index contributed by atoms with van der Waals surface area (Å²) in [7, 11) is 0. The van der Waals surface area contributed by atoms with Gasteiger partial charge in [0.25, 0.3) is 6.43 Å². The van der Waals surface area contributed by atoms with Crippen molar-refractivity contribution >= 4 is 17.6 Å². The van der Waals surface area contributed by atoms with Crippen molar-refractivity contribution < 1.29 is 18.7 Å². The van der Waals surface area contributed by atoms with Crippen LogP contribution < -0.4 is 5.73 Å². The predicted molar refractivity (Wildman–Crippen MR) is 49.1 cm³/mol. The quantitative estimate of drug-likeness (QED) is 0.839. The number of halogens is 3. The Bertz CT molecular complexity index is 398. The minimum absolute atomic E-state index is 0.0168. The molecule has 0 aliphatic carbocycles. The first-order chi connectivity index (χ1) is 6.99. The van der Waals surface area contributed by atoms with Crippen molar-refractivity contribution in [3.05, 3.63) is 28.0 Å². The Morgan fingerprint density at radius 1 is 1.67 bits per heavy atom. The fraction of sp³-hybridized carbons (Fsp3) is 0.250. The number of nitrogens with two attached hydrogens (primary N) is 1. The van der Waals surface area contributed by atoms with E-state index in [0.29, 0.717) is 0 Å². The molecule has 1 aromatic rings. The van der Waals surface area contributed by atoms with Crippen LogP contribution in [0.3, 0.4) is 0 Å². The van der Waals surface area contributed by atoms with Crippen LogP contribution in [0.4, 0.5) is 8.78 Å². The van der Waals surface area contributed by atoms with Gasteiger partial charge in [0.15, 0.2) is 0 Å². The van der Waals surface area contributed by atoms with Crippen molar-refractivity contribution in [1.29, 1.82) is 0 Å². The van der Waals surface area contributed by atoms with Gasteiger partial charge in [-0.1, -0.05) is 11.6 Å². The fourth-order valence-corrected chi connectivity index (χ4v) is 1.39. The molecule has 0 atom stereocenters. The zero-order valence-corrected chi connectivity index (χ0v) is 8.13. The number of pyridine rings is 1. The van der Waals surface area contributed by atoms with Crippen molar-refractivity contribution in [1.82, 2.24) is 4.98 Å². The second-order valence-electron chi connectivity index (χ2n) is 2.66. The lowest BCUT2D eigenvalue weighted by Gasteiger charge is -2.08. The lowest BCUT2D eigenvalue weighted by Crippen LogP contribution is -2.11. The number of alkyl halides is 2. The number of carboxylic acid groups (broad SMARTS) is 1. The lowest BCUT2D eigenvalue weighted by molar-refractivity contribution is 0.0694. The Morgan fingerprint density at radius 3 is 2.67 bits per heavy atom. The van der Waals surface area contributed by atoms with Crippen LogP contribution in [0.1, 0.15) is 28.0 Å². The molecule has 0 unspecified atom stereocenters. The average molecular weight is 237 g/mol. The highest BCUT2D eigenvalue weighted by Gasteiger charge is 2.22. The molecule has 0 saturated carbocycles. The number of aromatic nitrogens is 1. The Hall–Kier alpha value is -1.27. The van der Waals surface area contributed by atoms with E-state index in [0.717, 1.165) is 6.20 Å². The largest absolute Gasteiger partial charge is 0.478 e. The molecular formula is C8H7ClF2N2O2. The van der Waals surface area contributed by atoms with Crippen LogP contribution in [0.15, 0.2) is 6.20 Å². The molecule has 0 amide bonds. The number of rotatable bonds is 3. The third-order valence-corrected chi connectivity index (χ3v) is 2.17. The minimum atomic E-state index is -2.87. The molecule has 0 aromatic carbocycles. The molecule has 15 heavy (non-hydrogen) atoms. The monoisotopic (exact) mass is 236 g/mol. The minimum Gasteiger partial charge on any atom is -0.478 e. The Balaban J connectivity index is 3.42. The average Bonchev–Trinajstić information content (AvgIpc) is 2.15. The molecule has 0 saturated heterocycles. The standard InChI is InChI=1S/C8H7ClF2N2O2/c9-6-3(7(10)11)2-13-4(1-12)5(6)8(14)15/h2,7H,1,12H2,(H,14,15). The maximum absolute atomic E-state index is 12.4. The van der Waals surface area contributed by atoms with E-state index in [1.54, 1.807) is 0 Å². The van der Waals surface area contributed by atoms with Crippen molar-refractivity contribution in [2.24, 2.45) is 5.73 Å². The van der Waals surface area contributed by atoms with Crippen LogP contribution in [0, 0.1) is 0 Å². The van der Waals surface area contributed by atoms with Crippen LogP contribution >= 0.6 is 11.6 Å². The summed E-state index contributed by atoms with van der Waals surface area (Å²) in [4.78, 5) is 14.3. The Labute approximate surface area is 88.7 Å². The van der Waals surface area contributed by atoms with Gasteiger partial charge in [0.1, 0.15) is 5.56 Å². The molecule has 1 heterocycles. The van der Waals surface area contributed by atoms with E-state index in [9.17, 15) is 13.6 Å². The maximum Gasteiger partial charge on any atom is 0.339 e. The molecular weight excluding hydrogens is 230 g/mol. The molecule has 0 radical (unpaired) electrons. The normalized spacial score (nSPS) is 10.7. The van der Waals surface area contributed by atoms with E-state index in [2.05, 4.69) is 4.98 Å². The van der Waals surface area contributed by atoms with E-state index in [1.807, 2.05) is 0 Å². The molecule has 0 fully saturated rings. The van der Waals surface area contributed by atoms with Gasteiger partial charge in [-0.15, -0.1) is 0 Å². The number of carboxylic acids is 1. The van der Waals surface area contributed by atoms with Gasteiger partial charge in [-0.2, -0.15) is 0 Å². The zero-order chi connectivity index (χ0) is 11.6. The number of carbonyl (C=O) groups is 1. The third kappa shape index (κ3) is 2.21. The molecule has 7 heteroatoms. The van der Waals surface area contributed by atoms with Gasteiger partial charge in [-0.3, -0.25) is 4.98 Å². The topological polar surface area (TPSA) is 76.2 Å². The summed E-state index contributed by atoms with van der Waals surface area (Å²) in [6.45, 7) is -0.176. The highest BCUT2D eigenvalue weighted by atomic mass is 35.5. The second kappa shape index (κ2) is 4.50. The van der Waals surface area contributed by atoms with E-state index in [-0.39, 0.29) is 12.2 Å². The van der Waals surface area contributed by atoms with Gasteiger partial charge in [0.05, 0.1) is 16.3 Å². The molecule has 0 spiro atoms. The van der Waals surface area contributed by atoms with Gasteiger partial charge in [0, 0.05) is 12.7 Å². The van der Waals surface area contributed by atoms with Crippen molar-refractivity contribution in [3.8, 4) is 0 Å². The number of aromatic carboxylic acids is 1. The number of hydrogen-bond acceptors (Lipinski definition) is 3. The highest BCUT2D eigenvalue weighted by Crippen LogP contribution is 2.30. The molecule has 0 bridgehead atoms. The fourth-order valence-electron chi connectivity index (χ4n) is 1.06. The first kappa shape index (κ1) is 11.8. The van der Waals surface area contributed by atoms with E-state index < -0.39 is 28.5 Å². The third-order valence-electron chi connectivity index (χ3n) is 1.76. The van der Waals surface area contributed by atoms with Gasteiger partial charge in [-0.25, -0.2) is 13.6 Å². The van der Waals surface area contributed by atoms with Crippen molar-refractivity contribution in [2.45, 2.75) is 13.0 Å². The zero-order valence-electron chi connectivity index (χ0n) is 7.38. The van der Waals surface area contributed by atoms with Crippen LogP contribution in [-0.2, 0) is 6.54 Å². The lowest BCUT2D eigenvalue weighted by atomic mass is 10.1. The summed E-state index contributed by atoms with van der Waals surface area (Å²) in [6.07, 6.45) is -2.03. The molecule has 1 rings (SSSR count). The highest BCUT2D eigenvalue weighted by molar-refractivity contribution is 6.34. The summed E-state index contributed by atoms with van der Waals surface area (Å²) < 4.78 is 24.7. The number of hydrogen-bond donors (Lipinski definition) is 2. The van der Waals surface area contributed by atoms with Crippen molar-refractivity contribution in [2.75, 3.05) is 0 Å². The van der Waals surface area contributed by atoms with Crippen molar-refractivity contribution in [3.63, 3.8) is 0 Å². The molecule has 0 aliphatic rings. The van der Waals surface area contributed by atoms with E-state index in [1.165, 1.54) is 0 Å². The summed E-state index contributed by atoms with van der Waals surface area (Å²) in [5.41, 5.74) is 4.13. The van der Waals surface area contributed by atoms with Gasteiger partial charge >= 0.3 is 5.97 Å². The summed E-state index contributed by atoms with van der Waals surface area (Å²) in [5.74, 6) is -1.42. The Kier molecular flexibility index (Phi) is 3.54. The number of nitrogens with zero attached hydrogens (tertiary/aromatic N) is 1. The molecule has 82 valence electrons. The van der Waals surface area contributed by atoms with E-state index in [4.69, 9.17) is 22.4 Å². The molecule has 1 aromatic heterocycles. The van der Waals surface area contributed by atoms with Gasteiger partial charge in [0.2, 0.25) is 0 Å². The van der Waals surface area contributed by atoms with E-state index >= 15 is 0 Å². The van der Waals surface area contributed by atoms with Gasteiger partial charge < -0.3 is 10.8 Å². The molecule has 3 N–H and O–H groups in total.